The molecule has 3 aliphatic rings. The Labute approximate surface area is 198 Å². The normalized spacial score (nSPS) is 24.3. The van der Waals surface area contributed by atoms with E-state index in [1.807, 2.05) is 0 Å². The lowest BCUT2D eigenvalue weighted by Gasteiger charge is -2.38. The van der Waals surface area contributed by atoms with E-state index in [1.165, 1.54) is 6.07 Å². The Morgan fingerprint density at radius 2 is 1.94 bits per heavy atom. The standard InChI is InChI=1S/C22H30Cl2N2O6/c1-28-17-13-26(6-4-18-29-9-10-30-18)5-3-14(17)12-25-22(27)15-11-16(23)19(24)21-20(15)31-7-2-8-32-21/h11,14,17-18H,2-10,12-13H2,1H3,(H,25,27)/t14-,17+/m0/s1. The van der Waals surface area contributed by atoms with Gasteiger partial charge in [0.05, 0.1) is 43.1 Å². The number of nitrogens with zero attached hydrogens (tertiary/aromatic N) is 1. The van der Waals surface area contributed by atoms with Gasteiger partial charge < -0.3 is 33.9 Å². The highest BCUT2D eigenvalue weighted by Gasteiger charge is 2.31. The van der Waals surface area contributed by atoms with Gasteiger partial charge in [0.15, 0.2) is 17.8 Å². The molecule has 0 spiro atoms. The molecule has 2 fully saturated rings. The third kappa shape index (κ3) is 5.61. The van der Waals surface area contributed by atoms with Gasteiger partial charge >= 0.3 is 0 Å². The topological polar surface area (TPSA) is 78.5 Å². The van der Waals surface area contributed by atoms with Crippen LogP contribution >= 0.6 is 23.2 Å². The van der Waals surface area contributed by atoms with E-state index < -0.39 is 0 Å². The molecule has 0 bridgehead atoms. The van der Waals surface area contributed by atoms with Gasteiger partial charge in [0.1, 0.15) is 5.02 Å². The Balaban J connectivity index is 1.34. The van der Waals surface area contributed by atoms with Crippen molar-refractivity contribution in [2.75, 3.05) is 59.7 Å². The average Bonchev–Trinajstić information content (AvgIpc) is 3.21. The number of fused-ring (bicyclic) bond motifs is 1. The zero-order valence-corrected chi connectivity index (χ0v) is 19.8. The quantitative estimate of drug-likeness (QED) is 0.631. The number of piperidine rings is 1. The van der Waals surface area contributed by atoms with Crippen LogP contribution in [0.3, 0.4) is 0 Å². The summed E-state index contributed by atoms with van der Waals surface area (Å²) in [5.41, 5.74) is 0.333. The highest BCUT2D eigenvalue weighted by atomic mass is 35.5. The molecule has 0 radical (unpaired) electrons. The van der Waals surface area contributed by atoms with Crippen LogP contribution in [0.25, 0.3) is 0 Å². The summed E-state index contributed by atoms with van der Waals surface area (Å²) < 4.78 is 28.3. The predicted molar refractivity (Wildman–Crippen MR) is 120 cm³/mol. The van der Waals surface area contributed by atoms with Crippen LogP contribution in [-0.2, 0) is 14.2 Å². The Morgan fingerprint density at radius 3 is 2.69 bits per heavy atom. The molecule has 1 aromatic carbocycles. The van der Waals surface area contributed by atoms with E-state index in [1.54, 1.807) is 7.11 Å². The van der Waals surface area contributed by atoms with E-state index in [0.717, 1.165) is 32.5 Å². The number of ether oxygens (including phenoxy) is 5. The summed E-state index contributed by atoms with van der Waals surface area (Å²) in [7, 11) is 1.72. The van der Waals surface area contributed by atoms with E-state index in [9.17, 15) is 4.79 Å². The van der Waals surface area contributed by atoms with Gasteiger partial charge in [-0.2, -0.15) is 0 Å². The molecule has 2 saturated heterocycles. The number of carbonyl (C=O) groups excluding carboxylic acids is 1. The van der Waals surface area contributed by atoms with Crippen LogP contribution in [0.1, 0.15) is 29.6 Å². The highest BCUT2D eigenvalue weighted by molar-refractivity contribution is 6.43. The highest BCUT2D eigenvalue weighted by Crippen LogP contribution is 2.44. The molecule has 10 heteroatoms. The van der Waals surface area contributed by atoms with Crippen molar-refractivity contribution in [3.05, 3.63) is 21.7 Å². The van der Waals surface area contributed by atoms with Crippen molar-refractivity contribution in [3.63, 3.8) is 0 Å². The lowest BCUT2D eigenvalue weighted by molar-refractivity contribution is -0.0607. The summed E-state index contributed by atoms with van der Waals surface area (Å²) >= 11 is 12.5. The molecule has 1 N–H and O–H groups in total. The molecule has 3 aliphatic heterocycles. The molecule has 4 rings (SSSR count). The van der Waals surface area contributed by atoms with Crippen LogP contribution in [0.2, 0.25) is 10.0 Å². The van der Waals surface area contributed by atoms with E-state index in [0.29, 0.717) is 56.5 Å². The van der Waals surface area contributed by atoms with Gasteiger partial charge in [-0.15, -0.1) is 0 Å². The minimum atomic E-state index is -0.266. The fourth-order valence-corrected chi connectivity index (χ4v) is 4.74. The summed E-state index contributed by atoms with van der Waals surface area (Å²) in [5.74, 6) is 0.625. The molecule has 1 amide bonds. The molecular weight excluding hydrogens is 459 g/mol. The number of hydrogen-bond acceptors (Lipinski definition) is 7. The van der Waals surface area contributed by atoms with Crippen LogP contribution in [0.15, 0.2) is 6.07 Å². The second-order valence-electron chi connectivity index (χ2n) is 8.22. The molecule has 0 saturated carbocycles. The van der Waals surface area contributed by atoms with Gasteiger partial charge in [-0.05, 0) is 19.0 Å². The number of hydrogen-bond donors (Lipinski definition) is 1. The monoisotopic (exact) mass is 488 g/mol. The first-order valence-corrected chi connectivity index (χ1v) is 11.9. The number of benzene rings is 1. The van der Waals surface area contributed by atoms with Gasteiger partial charge in [-0.1, -0.05) is 23.2 Å². The molecule has 178 valence electrons. The molecule has 8 nitrogen and oxygen atoms in total. The van der Waals surface area contributed by atoms with Gasteiger partial charge in [0.2, 0.25) is 0 Å². The third-order valence-corrected chi connectivity index (χ3v) is 6.91. The third-order valence-electron chi connectivity index (χ3n) is 6.14. The summed E-state index contributed by atoms with van der Waals surface area (Å²) in [6, 6.07) is 1.54. The maximum absolute atomic E-state index is 13.0. The SMILES string of the molecule is CO[C@@H]1CN(CCC2OCCO2)CC[C@H]1CNC(=O)c1cc(Cl)c(Cl)c2c1OCCCO2. The molecule has 32 heavy (non-hydrogen) atoms. The molecule has 0 aromatic heterocycles. The molecule has 3 heterocycles. The predicted octanol–water partition coefficient (Wildman–Crippen LogP) is 2.98. The smallest absolute Gasteiger partial charge is 0.255 e. The fourth-order valence-electron chi connectivity index (χ4n) is 4.35. The van der Waals surface area contributed by atoms with Crippen LogP contribution in [0.5, 0.6) is 11.5 Å². The van der Waals surface area contributed by atoms with Crippen LogP contribution < -0.4 is 14.8 Å². The van der Waals surface area contributed by atoms with Crippen molar-refractivity contribution >= 4 is 29.1 Å². The first-order chi connectivity index (χ1) is 15.6. The first kappa shape index (κ1) is 23.9. The molecule has 0 aliphatic carbocycles. The molecule has 0 unspecified atom stereocenters. The van der Waals surface area contributed by atoms with Crippen LogP contribution in [-0.4, -0.2) is 82.9 Å². The lowest BCUT2D eigenvalue weighted by Crippen LogP contribution is -2.49. The Kier molecular flexibility index (Phi) is 8.37. The zero-order chi connectivity index (χ0) is 22.5. The van der Waals surface area contributed by atoms with E-state index in [-0.39, 0.29) is 34.3 Å². The Bertz CT molecular complexity index is 805. The molecule has 2 atom stereocenters. The Hall–Kier alpha value is -1.29. The largest absolute Gasteiger partial charge is 0.489 e. The van der Waals surface area contributed by atoms with Crippen molar-refractivity contribution in [2.24, 2.45) is 5.92 Å². The van der Waals surface area contributed by atoms with Gasteiger partial charge in [-0.25, -0.2) is 0 Å². The van der Waals surface area contributed by atoms with Gasteiger partial charge in [-0.3, -0.25) is 4.79 Å². The minimum absolute atomic E-state index is 0.0277. The second-order valence-corrected chi connectivity index (χ2v) is 9.01. The summed E-state index contributed by atoms with van der Waals surface area (Å²) in [5, 5.41) is 3.55. The van der Waals surface area contributed by atoms with Crippen LogP contribution in [0.4, 0.5) is 0 Å². The first-order valence-electron chi connectivity index (χ1n) is 11.1. The van der Waals surface area contributed by atoms with Crippen molar-refractivity contribution in [3.8, 4) is 11.5 Å². The van der Waals surface area contributed by atoms with Crippen molar-refractivity contribution in [2.45, 2.75) is 31.7 Å². The van der Waals surface area contributed by atoms with Gasteiger partial charge in [0, 0.05) is 45.5 Å². The summed E-state index contributed by atoms with van der Waals surface area (Å²) in [6.07, 6.45) is 2.41. The second kappa shape index (κ2) is 11.2. The number of halogens is 2. The van der Waals surface area contributed by atoms with Crippen LogP contribution in [0, 0.1) is 5.92 Å². The maximum Gasteiger partial charge on any atom is 0.255 e. The van der Waals surface area contributed by atoms with Crippen molar-refractivity contribution < 1.29 is 28.5 Å². The zero-order valence-electron chi connectivity index (χ0n) is 18.2. The summed E-state index contributed by atoms with van der Waals surface area (Å²) in [4.78, 5) is 15.4. The summed E-state index contributed by atoms with van der Waals surface area (Å²) in [6.45, 7) is 5.40. The fraction of sp³-hybridized carbons (Fsp3) is 0.682. The number of rotatable bonds is 7. The number of carbonyl (C=O) groups is 1. The van der Waals surface area contributed by atoms with Crippen molar-refractivity contribution in [1.29, 1.82) is 0 Å². The number of methoxy groups -OCH3 is 1. The Morgan fingerprint density at radius 1 is 1.19 bits per heavy atom. The number of likely N-dealkylation sites (tertiary alicyclic amines) is 1. The molecule has 1 aromatic rings. The van der Waals surface area contributed by atoms with Crippen molar-refractivity contribution in [1.82, 2.24) is 10.2 Å². The molecular formula is C22H30Cl2N2O6. The van der Waals surface area contributed by atoms with Gasteiger partial charge in [0.25, 0.3) is 5.91 Å². The minimum Gasteiger partial charge on any atom is -0.489 e. The lowest BCUT2D eigenvalue weighted by atomic mass is 9.93. The average molecular weight is 489 g/mol. The number of nitrogens with one attached hydrogen (secondary N) is 1. The van der Waals surface area contributed by atoms with E-state index in [2.05, 4.69) is 10.2 Å². The maximum atomic E-state index is 13.0. The number of amides is 1. The van der Waals surface area contributed by atoms with E-state index in [4.69, 9.17) is 46.9 Å². The van der Waals surface area contributed by atoms with E-state index >= 15 is 0 Å².